The van der Waals surface area contributed by atoms with E-state index in [2.05, 4.69) is 26.1 Å². The summed E-state index contributed by atoms with van der Waals surface area (Å²) in [6.45, 7) is 5.52. The van der Waals surface area contributed by atoms with E-state index in [0.29, 0.717) is 0 Å². The van der Waals surface area contributed by atoms with E-state index < -0.39 is 0 Å². The number of primary amides is 1. The molecular formula is C13H18BrN3O. The first-order valence-corrected chi connectivity index (χ1v) is 6.89. The molecule has 1 fully saturated rings. The number of piperazine rings is 1. The first kappa shape index (κ1) is 13.5. The number of carbonyl (C=O) groups is 1. The average molecular weight is 312 g/mol. The monoisotopic (exact) mass is 311 g/mol. The van der Waals surface area contributed by atoms with Gasteiger partial charge in [-0.25, -0.2) is 0 Å². The highest BCUT2D eigenvalue weighted by molar-refractivity contribution is 9.10. The van der Waals surface area contributed by atoms with E-state index in [1.165, 1.54) is 0 Å². The van der Waals surface area contributed by atoms with Crippen molar-refractivity contribution >= 4 is 21.8 Å². The Hall–Kier alpha value is -0.910. The second-order valence-electron chi connectivity index (χ2n) is 4.60. The highest BCUT2D eigenvalue weighted by Crippen LogP contribution is 2.25. The van der Waals surface area contributed by atoms with Gasteiger partial charge in [-0.1, -0.05) is 28.1 Å². The Morgan fingerprint density at radius 1 is 1.44 bits per heavy atom. The van der Waals surface area contributed by atoms with E-state index in [1.54, 1.807) is 0 Å². The fourth-order valence-electron chi connectivity index (χ4n) is 2.27. The lowest BCUT2D eigenvalue weighted by Gasteiger charge is -2.33. The third-order valence-corrected chi connectivity index (χ3v) is 4.15. The fourth-order valence-corrected chi connectivity index (χ4v) is 2.67. The van der Waals surface area contributed by atoms with Crippen LogP contribution in [0.5, 0.6) is 0 Å². The van der Waals surface area contributed by atoms with Gasteiger partial charge < -0.3 is 11.1 Å². The average Bonchev–Trinajstić information content (AvgIpc) is 2.35. The Morgan fingerprint density at radius 3 is 2.67 bits per heavy atom. The molecule has 2 rings (SSSR count). The Balaban J connectivity index is 2.28. The van der Waals surface area contributed by atoms with Crippen molar-refractivity contribution in [2.75, 3.05) is 26.2 Å². The molecule has 1 saturated heterocycles. The van der Waals surface area contributed by atoms with Crippen LogP contribution in [0.3, 0.4) is 0 Å². The fraction of sp³-hybridized carbons (Fsp3) is 0.462. The molecule has 4 nitrogen and oxygen atoms in total. The summed E-state index contributed by atoms with van der Waals surface area (Å²) < 4.78 is 1.02. The van der Waals surface area contributed by atoms with Gasteiger partial charge in [0.25, 0.3) is 0 Å². The smallest absolute Gasteiger partial charge is 0.239 e. The highest BCUT2D eigenvalue weighted by Gasteiger charge is 2.26. The number of carbonyl (C=O) groups excluding carboxylic acids is 1. The van der Waals surface area contributed by atoms with Gasteiger partial charge in [0.1, 0.15) is 6.04 Å². The molecule has 0 aliphatic carbocycles. The number of nitrogens with two attached hydrogens (primary N) is 1. The van der Waals surface area contributed by atoms with Crippen molar-refractivity contribution in [1.82, 2.24) is 10.2 Å². The zero-order valence-corrected chi connectivity index (χ0v) is 12.0. The molecule has 1 aromatic rings. The molecule has 1 heterocycles. The first-order valence-electron chi connectivity index (χ1n) is 6.09. The molecule has 1 atom stereocenters. The Kier molecular flexibility index (Phi) is 4.37. The Morgan fingerprint density at radius 2 is 2.11 bits per heavy atom. The van der Waals surface area contributed by atoms with Crippen molar-refractivity contribution in [2.24, 2.45) is 5.73 Å². The number of rotatable bonds is 3. The van der Waals surface area contributed by atoms with Gasteiger partial charge in [-0.2, -0.15) is 0 Å². The molecule has 0 bridgehead atoms. The number of benzene rings is 1. The van der Waals surface area contributed by atoms with Gasteiger partial charge in [-0.15, -0.1) is 0 Å². The maximum Gasteiger partial charge on any atom is 0.239 e. The molecule has 18 heavy (non-hydrogen) atoms. The van der Waals surface area contributed by atoms with Crippen molar-refractivity contribution in [1.29, 1.82) is 0 Å². The first-order chi connectivity index (χ1) is 8.59. The topological polar surface area (TPSA) is 58.4 Å². The van der Waals surface area contributed by atoms with Gasteiger partial charge in [0, 0.05) is 30.7 Å². The normalized spacial score (nSPS) is 18.6. The van der Waals surface area contributed by atoms with Crippen molar-refractivity contribution in [3.63, 3.8) is 0 Å². The predicted molar refractivity (Wildman–Crippen MR) is 75.3 cm³/mol. The van der Waals surface area contributed by atoms with Crippen LogP contribution in [0.1, 0.15) is 17.2 Å². The number of amides is 1. The van der Waals surface area contributed by atoms with Gasteiger partial charge in [-0.3, -0.25) is 9.69 Å². The van der Waals surface area contributed by atoms with Gasteiger partial charge in [0.2, 0.25) is 5.91 Å². The molecule has 0 spiro atoms. The third-order valence-electron chi connectivity index (χ3n) is 3.30. The lowest BCUT2D eigenvalue weighted by molar-refractivity contribution is -0.123. The van der Waals surface area contributed by atoms with Crippen LogP contribution in [0, 0.1) is 6.92 Å². The van der Waals surface area contributed by atoms with E-state index in [-0.39, 0.29) is 11.9 Å². The zero-order valence-electron chi connectivity index (χ0n) is 10.4. The molecule has 5 heteroatoms. The molecule has 98 valence electrons. The molecule has 0 aromatic heterocycles. The summed E-state index contributed by atoms with van der Waals surface area (Å²) in [5.41, 5.74) is 7.69. The van der Waals surface area contributed by atoms with Gasteiger partial charge in [0.05, 0.1) is 0 Å². The quantitative estimate of drug-likeness (QED) is 0.881. The molecule has 3 N–H and O–H groups in total. The second-order valence-corrected chi connectivity index (χ2v) is 5.45. The number of nitrogens with one attached hydrogen (secondary N) is 1. The lowest BCUT2D eigenvalue weighted by Crippen LogP contribution is -2.48. The van der Waals surface area contributed by atoms with Crippen LogP contribution >= 0.6 is 15.9 Å². The van der Waals surface area contributed by atoms with E-state index in [4.69, 9.17) is 5.73 Å². The van der Waals surface area contributed by atoms with Crippen molar-refractivity contribution < 1.29 is 4.79 Å². The summed E-state index contributed by atoms with van der Waals surface area (Å²) in [6.07, 6.45) is 0. The van der Waals surface area contributed by atoms with Crippen molar-refractivity contribution in [3.05, 3.63) is 33.8 Å². The van der Waals surface area contributed by atoms with E-state index in [9.17, 15) is 4.79 Å². The van der Waals surface area contributed by atoms with Crippen LogP contribution in [0.2, 0.25) is 0 Å². The van der Waals surface area contributed by atoms with E-state index in [0.717, 1.165) is 41.8 Å². The molecule has 1 amide bonds. The maximum atomic E-state index is 11.7. The van der Waals surface area contributed by atoms with Gasteiger partial charge >= 0.3 is 0 Å². The van der Waals surface area contributed by atoms with E-state index >= 15 is 0 Å². The van der Waals surface area contributed by atoms with Crippen LogP contribution in [-0.2, 0) is 4.79 Å². The lowest BCUT2D eigenvalue weighted by atomic mass is 10.0. The van der Waals surface area contributed by atoms with Crippen molar-refractivity contribution in [2.45, 2.75) is 13.0 Å². The standard InChI is InChI=1S/C13H18BrN3O/c1-9-2-3-10(8-11(9)14)12(13(15)18)17-6-4-16-5-7-17/h2-3,8,12,16H,4-7H2,1H3,(H2,15,18). The molecule has 1 aromatic carbocycles. The van der Waals surface area contributed by atoms with Crippen LogP contribution in [0.15, 0.2) is 22.7 Å². The van der Waals surface area contributed by atoms with Crippen LogP contribution in [-0.4, -0.2) is 37.0 Å². The molecule has 0 radical (unpaired) electrons. The summed E-state index contributed by atoms with van der Waals surface area (Å²) in [5.74, 6) is -0.285. The number of halogens is 1. The Bertz CT molecular complexity index is 444. The minimum Gasteiger partial charge on any atom is -0.368 e. The van der Waals surface area contributed by atoms with Gasteiger partial charge in [0.15, 0.2) is 0 Å². The molecule has 1 aliphatic heterocycles. The van der Waals surface area contributed by atoms with Gasteiger partial charge in [-0.05, 0) is 24.1 Å². The number of nitrogens with zero attached hydrogens (tertiary/aromatic N) is 1. The zero-order chi connectivity index (χ0) is 13.1. The van der Waals surface area contributed by atoms with Crippen molar-refractivity contribution in [3.8, 4) is 0 Å². The summed E-state index contributed by atoms with van der Waals surface area (Å²) in [4.78, 5) is 13.9. The van der Waals surface area contributed by atoms with Crippen LogP contribution in [0.4, 0.5) is 0 Å². The molecule has 1 unspecified atom stereocenters. The summed E-state index contributed by atoms with van der Waals surface area (Å²) in [6, 6.07) is 5.66. The maximum absolute atomic E-state index is 11.7. The molecular weight excluding hydrogens is 294 g/mol. The van der Waals surface area contributed by atoms with Crippen LogP contribution in [0.25, 0.3) is 0 Å². The summed E-state index contributed by atoms with van der Waals surface area (Å²) >= 11 is 3.50. The second kappa shape index (κ2) is 5.82. The minimum absolute atomic E-state index is 0.285. The highest BCUT2D eigenvalue weighted by atomic mass is 79.9. The number of hydrogen-bond donors (Lipinski definition) is 2. The summed E-state index contributed by atoms with van der Waals surface area (Å²) in [5, 5.41) is 3.28. The third kappa shape index (κ3) is 2.91. The SMILES string of the molecule is Cc1ccc(C(C(N)=O)N2CCNCC2)cc1Br. The molecule has 1 aliphatic rings. The van der Waals surface area contributed by atoms with Crippen LogP contribution < -0.4 is 11.1 Å². The number of aryl methyl sites for hydroxylation is 1. The largest absolute Gasteiger partial charge is 0.368 e. The minimum atomic E-state index is -0.330. The van der Waals surface area contributed by atoms with E-state index in [1.807, 2.05) is 25.1 Å². The molecule has 0 saturated carbocycles. The summed E-state index contributed by atoms with van der Waals surface area (Å²) in [7, 11) is 0. The predicted octanol–water partition coefficient (Wildman–Crippen LogP) is 1.19. The number of hydrogen-bond acceptors (Lipinski definition) is 3. The Labute approximate surface area is 116 Å².